The van der Waals surface area contributed by atoms with Crippen molar-refractivity contribution in [3.8, 4) is 11.5 Å². The van der Waals surface area contributed by atoms with Crippen LogP contribution in [0, 0.1) is 10.1 Å². The fraction of sp³-hybridized carbons (Fsp3) is 0.100. The molecule has 6 nitrogen and oxygen atoms in total. The first-order valence-electron chi connectivity index (χ1n) is 7.98. The molecule has 1 unspecified atom stereocenters. The summed E-state index contributed by atoms with van der Waals surface area (Å²) in [6.45, 7) is 0.456. The summed E-state index contributed by atoms with van der Waals surface area (Å²) in [7, 11) is 0. The van der Waals surface area contributed by atoms with Crippen molar-refractivity contribution in [2.24, 2.45) is 0 Å². The molecule has 1 N–H and O–H groups in total. The number of benzene rings is 3. The van der Waals surface area contributed by atoms with Gasteiger partial charge in [0.2, 0.25) is 6.29 Å². The molecule has 1 atom stereocenters. The smallest absolute Gasteiger partial charge is 0.269 e. The van der Waals surface area contributed by atoms with Gasteiger partial charge in [0.1, 0.15) is 18.1 Å². The summed E-state index contributed by atoms with van der Waals surface area (Å²) in [6, 6.07) is 22.3. The summed E-state index contributed by atoms with van der Waals surface area (Å²) in [5.41, 5.74) is 1.27. The largest absolute Gasteiger partial charge is 0.489 e. The van der Waals surface area contributed by atoms with Gasteiger partial charge < -0.3 is 14.6 Å². The normalized spacial score (nSPS) is 11.6. The number of nitro benzene ring substituents is 1. The van der Waals surface area contributed by atoms with Gasteiger partial charge in [-0.25, -0.2) is 0 Å². The van der Waals surface area contributed by atoms with Gasteiger partial charge in [-0.05, 0) is 29.8 Å². The van der Waals surface area contributed by atoms with Crippen molar-refractivity contribution in [3.05, 3.63) is 100 Å². The topological polar surface area (TPSA) is 81.8 Å². The molecule has 3 rings (SSSR count). The summed E-state index contributed by atoms with van der Waals surface area (Å²) in [5, 5.41) is 20.9. The Labute approximate surface area is 150 Å². The summed E-state index contributed by atoms with van der Waals surface area (Å²) in [4.78, 5) is 10.3. The van der Waals surface area contributed by atoms with Crippen LogP contribution in [-0.2, 0) is 6.61 Å². The summed E-state index contributed by atoms with van der Waals surface area (Å²) >= 11 is 0. The molecule has 0 saturated carbocycles. The average Bonchev–Trinajstić information content (AvgIpc) is 2.68. The van der Waals surface area contributed by atoms with Crippen molar-refractivity contribution >= 4 is 5.69 Å². The molecule has 0 spiro atoms. The molecular weight excluding hydrogens is 334 g/mol. The zero-order chi connectivity index (χ0) is 18.4. The molecule has 3 aromatic carbocycles. The molecular formula is C20H17NO5. The third-order valence-electron chi connectivity index (χ3n) is 3.69. The number of nitrogens with zero attached hydrogens (tertiary/aromatic N) is 1. The molecule has 0 fully saturated rings. The second-order valence-electron chi connectivity index (χ2n) is 5.57. The van der Waals surface area contributed by atoms with Gasteiger partial charge >= 0.3 is 0 Å². The average molecular weight is 351 g/mol. The Balaban J connectivity index is 1.60. The maximum absolute atomic E-state index is 10.8. The highest BCUT2D eigenvalue weighted by Crippen LogP contribution is 2.25. The third kappa shape index (κ3) is 4.58. The number of rotatable bonds is 7. The van der Waals surface area contributed by atoms with Gasteiger partial charge in [-0.15, -0.1) is 0 Å². The Morgan fingerprint density at radius 2 is 1.62 bits per heavy atom. The first-order valence-corrected chi connectivity index (χ1v) is 7.98. The van der Waals surface area contributed by atoms with E-state index in [4.69, 9.17) is 9.47 Å². The molecule has 3 aromatic rings. The van der Waals surface area contributed by atoms with E-state index in [-0.39, 0.29) is 5.69 Å². The molecule has 0 aliphatic heterocycles. The lowest BCUT2D eigenvalue weighted by atomic mass is 10.2. The highest BCUT2D eigenvalue weighted by atomic mass is 16.6. The maximum atomic E-state index is 10.8. The Bertz CT molecular complexity index is 865. The molecule has 0 amide bonds. The van der Waals surface area contributed by atoms with Crippen LogP contribution in [0.25, 0.3) is 0 Å². The Hall–Kier alpha value is -3.38. The van der Waals surface area contributed by atoms with Crippen LogP contribution in [0.2, 0.25) is 0 Å². The highest BCUT2D eigenvalue weighted by molar-refractivity contribution is 5.36. The maximum Gasteiger partial charge on any atom is 0.269 e. The number of aliphatic hydroxyl groups excluding tert-OH is 1. The first kappa shape index (κ1) is 17.4. The van der Waals surface area contributed by atoms with Crippen LogP contribution in [-0.4, -0.2) is 10.0 Å². The second-order valence-corrected chi connectivity index (χ2v) is 5.57. The Kier molecular flexibility index (Phi) is 5.46. The zero-order valence-electron chi connectivity index (χ0n) is 13.8. The molecule has 0 saturated heterocycles. The zero-order valence-corrected chi connectivity index (χ0v) is 13.8. The van der Waals surface area contributed by atoms with Gasteiger partial charge in [-0.2, -0.15) is 0 Å². The lowest BCUT2D eigenvalue weighted by Crippen LogP contribution is -2.06. The molecule has 0 radical (unpaired) electrons. The van der Waals surface area contributed by atoms with E-state index in [1.165, 1.54) is 18.2 Å². The highest BCUT2D eigenvalue weighted by Gasteiger charge is 2.13. The van der Waals surface area contributed by atoms with E-state index >= 15 is 0 Å². The lowest BCUT2D eigenvalue weighted by Gasteiger charge is -2.14. The number of hydrogen-bond acceptors (Lipinski definition) is 5. The van der Waals surface area contributed by atoms with E-state index in [9.17, 15) is 15.2 Å². The van der Waals surface area contributed by atoms with Crippen molar-refractivity contribution in [1.82, 2.24) is 0 Å². The predicted octanol–water partition coefficient (Wildman–Crippen LogP) is 4.24. The number of aliphatic hydroxyl groups is 1. The van der Waals surface area contributed by atoms with Crippen molar-refractivity contribution in [1.29, 1.82) is 0 Å². The van der Waals surface area contributed by atoms with E-state index in [0.29, 0.717) is 23.7 Å². The second kappa shape index (κ2) is 8.13. The molecule has 26 heavy (non-hydrogen) atoms. The minimum atomic E-state index is -1.30. The molecule has 6 heteroatoms. The first-order chi connectivity index (χ1) is 12.6. The van der Waals surface area contributed by atoms with Crippen LogP contribution >= 0.6 is 0 Å². The molecule has 0 aromatic heterocycles. The molecule has 0 bridgehead atoms. The van der Waals surface area contributed by atoms with Crippen LogP contribution in [0.1, 0.15) is 17.4 Å². The van der Waals surface area contributed by atoms with Gasteiger partial charge in [0.25, 0.3) is 5.69 Å². The van der Waals surface area contributed by atoms with Gasteiger partial charge in [0.15, 0.2) is 0 Å². The fourth-order valence-electron chi connectivity index (χ4n) is 2.34. The third-order valence-corrected chi connectivity index (χ3v) is 3.69. The predicted molar refractivity (Wildman–Crippen MR) is 95.9 cm³/mol. The standard InChI is InChI=1S/C20H17NO5/c22-20(16-7-4-8-17(13-16)21(23)24)26-19-11-9-18(10-12-19)25-14-15-5-2-1-3-6-15/h1-13,20,22H,14H2. The number of hydrogen-bond donors (Lipinski definition) is 1. The molecule has 132 valence electrons. The van der Waals surface area contributed by atoms with Gasteiger partial charge in [0.05, 0.1) is 4.92 Å². The quantitative estimate of drug-likeness (QED) is 0.391. The van der Waals surface area contributed by atoms with Gasteiger partial charge in [-0.1, -0.05) is 42.5 Å². The summed E-state index contributed by atoms with van der Waals surface area (Å²) in [5.74, 6) is 1.10. The summed E-state index contributed by atoms with van der Waals surface area (Å²) in [6.07, 6.45) is -1.30. The van der Waals surface area contributed by atoms with E-state index in [0.717, 1.165) is 5.56 Å². The van der Waals surface area contributed by atoms with E-state index in [2.05, 4.69) is 0 Å². The van der Waals surface area contributed by atoms with E-state index in [1.54, 1.807) is 30.3 Å². The summed E-state index contributed by atoms with van der Waals surface area (Å²) < 4.78 is 11.1. The van der Waals surface area contributed by atoms with Crippen molar-refractivity contribution in [3.63, 3.8) is 0 Å². The monoisotopic (exact) mass is 351 g/mol. The van der Waals surface area contributed by atoms with E-state index < -0.39 is 11.2 Å². The van der Waals surface area contributed by atoms with Crippen LogP contribution in [0.4, 0.5) is 5.69 Å². The number of non-ortho nitro benzene ring substituents is 1. The van der Waals surface area contributed by atoms with Crippen molar-refractivity contribution in [2.45, 2.75) is 12.9 Å². The van der Waals surface area contributed by atoms with Crippen LogP contribution in [0.5, 0.6) is 11.5 Å². The minimum Gasteiger partial charge on any atom is -0.489 e. The SMILES string of the molecule is O=[N+]([O-])c1cccc(C(O)Oc2ccc(OCc3ccccc3)cc2)c1. The van der Waals surface area contributed by atoms with Crippen molar-refractivity contribution in [2.75, 3.05) is 0 Å². The van der Waals surface area contributed by atoms with Gasteiger partial charge in [0, 0.05) is 17.7 Å². The minimum absolute atomic E-state index is 0.102. The van der Waals surface area contributed by atoms with Crippen molar-refractivity contribution < 1.29 is 19.5 Å². The number of nitro groups is 1. The van der Waals surface area contributed by atoms with Gasteiger partial charge in [-0.3, -0.25) is 10.1 Å². The molecule has 0 aliphatic carbocycles. The fourth-order valence-corrected chi connectivity index (χ4v) is 2.34. The Morgan fingerprint density at radius 3 is 2.31 bits per heavy atom. The van der Waals surface area contributed by atoms with Crippen LogP contribution in [0.3, 0.4) is 0 Å². The Morgan fingerprint density at radius 1 is 0.923 bits per heavy atom. The molecule has 0 aliphatic rings. The number of ether oxygens (including phenoxy) is 2. The van der Waals surface area contributed by atoms with E-state index in [1.807, 2.05) is 30.3 Å². The van der Waals surface area contributed by atoms with Crippen LogP contribution in [0.15, 0.2) is 78.9 Å². The lowest BCUT2D eigenvalue weighted by molar-refractivity contribution is -0.385. The molecule has 0 heterocycles. The van der Waals surface area contributed by atoms with Crippen LogP contribution < -0.4 is 9.47 Å².